The number of aromatic nitrogens is 1. The maximum absolute atomic E-state index is 11.5. The van der Waals surface area contributed by atoms with Gasteiger partial charge in [0, 0.05) is 12.0 Å². The van der Waals surface area contributed by atoms with Crippen molar-refractivity contribution >= 4 is 18.0 Å². The van der Waals surface area contributed by atoms with Gasteiger partial charge in [-0.05, 0) is 42.8 Å². The average molecular weight is 390 g/mol. The molecule has 3 aromatic rings. The molecule has 1 N–H and O–H groups in total. The van der Waals surface area contributed by atoms with Gasteiger partial charge in [0.25, 0.3) is 5.91 Å². The highest BCUT2D eigenvalue weighted by atomic mass is 16.7. The molecular formula is C22H18N2O5. The first-order chi connectivity index (χ1) is 14.1. The molecule has 1 aliphatic heterocycles. The number of amides is 1. The molecule has 1 amide bonds. The van der Waals surface area contributed by atoms with Gasteiger partial charge < -0.3 is 14.0 Å². The number of rotatable bonds is 6. The van der Waals surface area contributed by atoms with Gasteiger partial charge in [-0.25, -0.2) is 9.78 Å². The lowest BCUT2D eigenvalue weighted by atomic mass is 10.1. The number of carbonyl (C=O) groups is 2. The van der Waals surface area contributed by atoms with Gasteiger partial charge in [0.15, 0.2) is 0 Å². The number of hydroxylamine groups is 1. The van der Waals surface area contributed by atoms with Crippen molar-refractivity contribution in [3.63, 3.8) is 0 Å². The Hall–Kier alpha value is -3.87. The lowest BCUT2D eigenvalue weighted by molar-refractivity contribution is -0.143. The SMILES string of the molecule is Cc1oc(-c2ccccc2)nc1CCOc1ccc(C=C2C(=O)NOC2=O)cc1. The highest BCUT2D eigenvalue weighted by molar-refractivity contribution is 6.22. The van der Waals surface area contributed by atoms with Crippen LogP contribution in [0.4, 0.5) is 0 Å². The molecule has 0 unspecified atom stereocenters. The molecule has 1 fully saturated rings. The predicted molar refractivity (Wildman–Crippen MR) is 105 cm³/mol. The Kier molecular flexibility index (Phi) is 5.11. The Morgan fingerprint density at radius 1 is 1.07 bits per heavy atom. The number of benzene rings is 2. The molecule has 146 valence electrons. The topological polar surface area (TPSA) is 90.7 Å². The number of hydrogen-bond acceptors (Lipinski definition) is 6. The Balaban J connectivity index is 1.36. The third kappa shape index (κ3) is 4.19. The molecule has 2 heterocycles. The van der Waals surface area contributed by atoms with Crippen LogP contribution in [0.1, 0.15) is 17.0 Å². The first-order valence-electron chi connectivity index (χ1n) is 9.08. The number of nitrogens with one attached hydrogen (secondary N) is 1. The normalized spacial score (nSPS) is 14.7. The molecule has 0 bridgehead atoms. The molecular weight excluding hydrogens is 372 g/mol. The second-order valence-corrected chi connectivity index (χ2v) is 6.43. The summed E-state index contributed by atoms with van der Waals surface area (Å²) in [6.45, 7) is 2.33. The molecule has 7 nitrogen and oxygen atoms in total. The summed E-state index contributed by atoms with van der Waals surface area (Å²) >= 11 is 0. The molecule has 0 radical (unpaired) electrons. The molecule has 0 saturated carbocycles. The van der Waals surface area contributed by atoms with E-state index in [1.165, 1.54) is 6.08 Å². The van der Waals surface area contributed by atoms with E-state index < -0.39 is 11.9 Å². The summed E-state index contributed by atoms with van der Waals surface area (Å²) in [5, 5.41) is 0. The van der Waals surface area contributed by atoms with Gasteiger partial charge in [-0.15, -0.1) is 0 Å². The Morgan fingerprint density at radius 3 is 2.52 bits per heavy atom. The van der Waals surface area contributed by atoms with E-state index in [1.54, 1.807) is 24.3 Å². The van der Waals surface area contributed by atoms with E-state index in [9.17, 15) is 9.59 Å². The van der Waals surface area contributed by atoms with Gasteiger partial charge in [0.2, 0.25) is 5.89 Å². The highest BCUT2D eigenvalue weighted by Gasteiger charge is 2.28. The van der Waals surface area contributed by atoms with Crippen LogP contribution in [-0.2, 0) is 20.8 Å². The zero-order valence-electron chi connectivity index (χ0n) is 15.7. The van der Waals surface area contributed by atoms with Crippen molar-refractivity contribution < 1.29 is 23.6 Å². The van der Waals surface area contributed by atoms with E-state index in [4.69, 9.17) is 9.15 Å². The van der Waals surface area contributed by atoms with Crippen LogP contribution in [0.25, 0.3) is 17.5 Å². The molecule has 0 spiro atoms. The Bertz CT molecular complexity index is 1050. The largest absolute Gasteiger partial charge is 0.493 e. The van der Waals surface area contributed by atoms with Gasteiger partial charge in [-0.2, -0.15) is 5.48 Å². The molecule has 0 aliphatic carbocycles. The van der Waals surface area contributed by atoms with Gasteiger partial charge in [0.1, 0.15) is 17.1 Å². The summed E-state index contributed by atoms with van der Waals surface area (Å²) in [6, 6.07) is 16.8. The number of oxazole rings is 1. The number of ether oxygens (including phenoxy) is 1. The maximum Gasteiger partial charge on any atom is 0.368 e. The van der Waals surface area contributed by atoms with Gasteiger partial charge in [0.05, 0.1) is 12.3 Å². The second-order valence-electron chi connectivity index (χ2n) is 6.43. The van der Waals surface area contributed by atoms with E-state index >= 15 is 0 Å². The standard InChI is InChI=1S/C22H18N2O5/c1-14-19(23-21(28-14)16-5-3-2-4-6-16)11-12-27-17-9-7-15(8-10-17)13-18-20(25)24-29-22(18)26/h2-10,13H,11-12H2,1H3,(H,24,25). The molecule has 4 rings (SSSR count). The van der Waals surface area contributed by atoms with Crippen LogP contribution in [0, 0.1) is 6.92 Å². The highest BCUT2D eigenvalue weighted by Crippen LogP contribution is 2.22. The molecule has 1 aliphatic rings. The van der Waals surface area contributed by atoms with Crippen molar-refractivity contribution in [2.75, 3.05) is 6.61 Å². The van der Waals surface area contributed by atoms with Crippen LogP contribution in [0.15, 0.2) is 64.6 Å². The monoisotopic (exact) mass is 390 g/mol. The van der Waals surface area contributed by atoms with Crippen LogP contribution in [-0.4, -0.2) is 23.5 Å². The molecule has 1 saturated heterocycles. The predicted octanol–water partition coefficient (Wildman–Crippen LogP) is 3.24. The van der Waals surface area contributed by atoms with Crippen molar-refractivity contribution in [2.24, 2.45) is 0 Å². The fraction of sp³-hybridized carbons (Fsp3) is 0.136. The molecule has 7 heteroatoms. The van der Waals surface area contributed by atoms with Gasteiger partial charge in [-0.3, -0.25) is 4.79 Å². The van der Waals surface area contributed by atoms with Crippen LogP contribution in [0.3, 0.4) is 0 Å². The van der Waals surface area contributed by atoms with Crippen LogP contribution >= 0.6 is 0 Å². The first-order valence-corrected chi connectivity index (χ1v) is 9.08. The van der Waals surface area contributed by atoms with Crippen molar-refractivity contribution in [1.82, 2.24) is 10.5 Å². The summed E-state index contributed by atoms with van der Waals surface area (Å²) in [5.41, 5.74) is 4.47. The molecule has 29 heavy (non-hydrogen) atoms. The van der Waals surface area contributed by atoms with E-state index in [2.05, 4.69) is 9.82 Å². The smallest absolute Gasteiger partial charge is 0.368 e. The van der Waals surface area contributed by atoms with Crippen LogP contribution < -0.4 is 10.2 Å². The van der Waals surface area contributed by atoms with Crippen LogP contribution in [0.2, 0.25) is 0 Å². The summed E-state index contributed by atoms with van der Waals surface area (Å²) in [5.74, 6) is 0.817. The summed E-state index contributed by atoms with van der Waals surface area (Å²) in [6.07, 6.45) is 2.08. The fourth-order valence-corrected chi connectivity index (χ4v) is 2.88. The number of hydrogen-bond donors (Lipinski definition) is 1. The third-order valence-corrected chi connectivity index (χ3v) is 4.41. The maximum atomic E-state index is 11.5. The van der Waals surface area contributed by atoms with E-state index in [1.807, 2.05) is 42.7 Å². The van der Waals surface area contributed by atoms with Gasteiger partial charge in [-0.1, -0.05) is 30.3 Å². The molecule has 0 atom stereocenters. The van der Waals surface area contributed by atoms with Crippen molar-refractivity contribution in [3.8, 4) is 17.2 Å². The van der Waals surface area contributed by atoms with Crippen molar-refractivity contribution in [2.45, 2.75) is 13.3 Å². The zero-order valence-corrected chi connectivity index (χ0v) is 15.7. The fourth-order valence-electron chi connectivity index (χ4n) is 2.88. The number of nitrogens with zero attached hydrogens (tertiary/aromatic N) is 1. The summed E-state index contributed by atoms with van der Waals surface area (Å²) in [7, 11) is 0. The Labute approximate surface area is 166 Å². The van der Waals surface area contributed by atoms with Gasteiger partial charge >= 0.3 is 5.97 Å². The Morgan fingerprint density at radius 2 is 1.83 bits per heavy atom. The minimum absolute atomic E-state index is 0.0330. The second kappa shape index (κ2) is 8.02. The third-order valence-electron chi connectivity index (χ3n) is 4.41. The number of aryl methyl sites for hydroxylation is 1. The molecule has 2 aromatic carbocycles. The van der Waals surface area contributed by atoms with E-state index in [0.29, 0.717) is 30.2 Å². The van der Waals surface area contributed by atoms with Crippen LogP contribution in [0.5, 0.6) is 5.75 Å². The minimum atomic E-state index is -0.687. The minimum Gasteiger partial charge on any atom is -0.493 e. The summed E-state index contributed by atoms with van der Waals surface area (Å²) in [4.78, 5) is 32.0. The van der Waals surface area contributed by atoms with Crippen molar-refractivity contribution in [1.29, 1.82) is 0 Å². The summed E-state index contributed by atoms with van der Waals surface area (Å²) < 4.78 is 11.5. The zero-order chi connectivity index (χ0) is 20.2. The van der Waals surface area contributed by atoms with Crippen molar-refractivity contribution in [3.05, 3.63) is 77.2 Å². The lowest BCUT2D eigenvalue weighted by Crippen LogP contribution is -2.12. The van der Waals surface area contributed by atoms with E-state index in [-0.39, 0.29) is 5.57 Å². The average Bonchev–Trinajstić information content (AvgIpc) is 3.27. The van der Waals surface area contributed by atoms with E-state index in [0.717, 1.165) is 17.0 Å². The number of carbonyl (C=O) groups excluding carboxylic acids is 2. The lowest BCUT2D eigenvalue weighted by Gasteiger charge is -2.05. The molecule has 1 aromatic heterocycles. The quantitative estimate of drug-likeness (QED) is 0.513. The first kappa shape index (κ1) is 18.5.